The van der Waals surface area contributed by atoms with Crippen LogP contribution >= 0.6 is 0 Å². The fourth-order valence-corrected chi connectivity index (χ4v) is 3.74. The maximum absolute atomic E-state index is 14.3. The molecule has 1 atom stereocenters. The zero-order chi connectivity index (χ0) is 21.7. The van der Waals surface area contributed by atoms with Gasteiger partial charge < -0.3 is 5.32 Å². The number of nitrogens with zero attached hydrogens (tertiary/aromatic N) is 1. The van der Waals surface area contributed by atoms with Crippen molar-refractivity contribution in [3.63, 3.8) is 0 Å². The molecule has 1 heterocycles. The normalized spacial score (nSPS) is 19.7. The first-order valence-electron chi connectivity index (χ1n) is 9.55. The minimum atomic E-state index is -1.66. The van der Waals surface area contributed by atoms with Gasteiger partial charge in [-0.2, -0.15) is 0 Å². The Morgan fingerprint density at radius 3 is 2.17 bits per heavy atom. The summed E-state index contributed by atoms with van der Waals surface area (Å²) in [7, 11) is 0. The Kier molecular flexibility index (Phi) is 5.01. The van der Waals surface area contributed by atoms with Gasteiger partial charge in [0.05, 0.1) is 6.54 Å². The van der Waals surface area contributed by atoms with Crippen molar-refractivity contribution in [2.75, 3.05) is 0 Å². The molecular weight excluding hydrogens is 374 g/mol. The molecule has 4 nitrogen and oxygen atoms in total. The molecule has 1 aliphatic rings. The Balaban J connectivity index is 1.97. The van der Waals surface area contributed by atoms with Gasteiger partial charge in [0.1, 0.15) is 17.2 Å². The zero-order valence-electron chi connectivity index (χ0n) is 17.6. The third-order valence-electron chi connectivity index (χ3n) is 5.62. The van der Waals surface area contributed by atoms with Crippen LogP contribution in [-0.2, 0) is 22.3 Å². The number of hydrogen-bond donors (Lipinski definition) is 1. The molecule has 0 spiro atoms. The summed E-state index contributed by atoms with van der Waals surface area (Å²) in [6, 6.07) is 6.38. The first-order chi connectivity index (χ1) is 13.3. The van der Waals surface area contributed by atoms with Crippen LogP contribution in [0.15, 0.2) is 30.3 Å². The Labute approximate surface area is 169 Å². The fourth-order valence-electron chi connectivity index (χ4n) is 3.74. The third-order valence-corrected chi connectivity index (χ3v) is 5.62. The topological polar surface area (TPSA) is 49.4 Å². The lowest BCUT2D eigenvalue weighted by molar-refractivity contribution is -0.131. The standard InChI is InChI=1S/C23H26F2N2O2/c1-13-9-15(22(3,4)5)10-14(2)17(13)12-27-20(28)23(6,26-21(27)29)18-11-16(24)7-8-19(18)25/h7-11H,12H2,1-6H3,(H,26,29)/t23-/m1/s1. The SMILES string of the molecule is Cc1cc(C(C)(C)C)cc(C)c1CN1C(=O)N[C@](C)(c2cc(F)ccc2F)C1=O. The van der Waals surface area contributed by atoms with Crippen molar-refractivity contribution in [1.82, 2.24) is 10.2 Å². The molecule has 29 heavy (non-hydrogen) atoms. The first-order valence-corrected chi connectivity index (χ1v) is 9.55. The molecule has 1 N–H and O–H groups in total. The molecule has 1 fully saturated rings. The first kappa shape index (κ1) is 21.0. The molecule has 0 aliphatic carbocycles. The van der Waals surface area contributed by atoms with Gasteiger partial charge in [0.2, 0.25) is 0 Å². The van der Waals surface area contributed by atoms with Gasteiger partial charge in [-0.1, -0.05) is 32.9 Å². The van der Waals surface area contributed by atoms with E-state index in [2.05, 4.69) is 38.2 Å². The van der Waals surface area contributed by atoms with Crippen molar-refractivity contribution in [3.8, 4) is 0 Å². The van der Waals surface area contributed by atoms with E-state index >= 15 is 0 Å². The molecular formula is C23H26F2N2O2. The van der Waals surface area contributed by atoms with Gasteiger partial charge in [0, 0.05) is 5.56 Å². The average molecular weight is 400 g/mol. The van der Waals surface area contributed by atoms with E-state index in [9.17, 15) is 18.4 Å². The predicted molar refractivity (Wildman–Crippen MR) is 107 cm³/mol. The summed E-state index contributed by atoms with van der Waals surface area (Å²) in [6.45, 7) is 11.7. The maximum atomic E-state index is 14.3. The smallest absolute Gasteiger partial charge is 0.319 e. The predicted octanol–water partition coefficient (Wildman–Crippen LogP) is 4.85. The second-order valence-corrected chi connectivity index (χ2v) is 8.91. The number of carbonyl (C=O) groups is 2. The highest BCUT2D eigenvalue weighted by Gasteiger charge is 2.50. The van der Waals surface area contributed by atoms with Crippen molar-refractivity contribution >= 4 is 11.9 Å². The van der Waals surface area contributed by atoms with Crippen LogP contribution in [0, 0.1) is 25.5 Å². The summed E-state index contributed by atoms with van der Waals surface area (Å²) >= 11 is 0. The van der Waals surface area contributed by atoms with Gasteiger partial charge in [-0.15, -0.1) is 0 Å². The number of rotatable bonds is 3. The average Bonchev–Trinajstić information content (AvgIpc) is 2.82. The van der Waals surface area contributed by atoms with Crippen LogP contribution in [0.3, 0.4) is 0 Å². The van der Waals surface area contributed by atoms with Gasteiger partial charge in [0.25, 0.3) is 5.91 Å². The molecule has 1 aliphatic heterocycles. The Morgan fingerprint density at radius 2 is 1.62 bits per heavy atom. The molecule has 0 unspecified atom stereocenters. The van der Waals surface area contributed by atoms with Crippen LogP contribution in [0.4, 0.5) is 13.6 Å². The number of amides is 3. The van der Waals surface area contributed by atoms with Crippen molar-refractivity contribution in [3.05, 3.63) is 69.8 Å². The largest absolute Gasteiger partial charge is 0.325 e. The second kappa shape index (κ2) is 6.94. The van der Waals surface area contributed by atoms with Gasteiger partial charge in [-0.25, -0.2) is 13.6 Å². The van der Waals surface area contributed by atoms with E-state index in [1.54, 1.807) is 0 Å². The summed E-state index contributed by atoms with van der Waals surface area (Å²) in [5, 5.41) is 2.54. The fraction of sp³-hybridized carbons (Fsp3) is 0.391. The number of nitrogens with one attached hydrogen (secondary N) is 1. The molecule has 6 heteroatoms. The van der Waals surface area contributed by atoms with E-state index in [-0.39, 0.29) is 17.5 Å². The molecule has 0 bridgehead atoms. The molecule has 0 aromatic heterocycles. The van der Waals surface area contributed by atoms with Crippen LogP contribution in [-0.4, -0.2) is 16.8 Å². The Morgan fingerprint density at radius 1 is 1.03 bits per heavy atom. The van der Waals surface area contributed by atoms with E-state index in [1.807, 2.05) is 13.8 Å². The number of benzene rings is 2. The van der Waals surface area contributed by atoms with Crippen LogP contribution in [0.5, 0.6) is 0 Å². The molecule has 3 rings (SSSR count). The lowest BCUT2D eigenvalue weighted by atomic mass is 9.83. The number of imide groups is 1. The van der Waals surface area contributed by atoms with Crippen molar-refractivity contribution in [2.45, 2.75) is 59.0 Å². The van der Waals surface area contributed by atoms with Crippen molar-refractivity contribution < 1.29 is 18.4 Å². The minimum Gasteiger partial charge on any atom is -0.319 e. The van der Waals surface area contributed by atoms with Crippen LogP contribution < -0.4 is 5.32 Å². The van der Waals surface area contributed by atoms with E-state index in [4.69, 9.17) is 0 Å². The van der Waals surface area contributed by atoms with Gasteiger partial charge >= 0.3 is 6.03 Å². The van der Waals surface area contributed by atoms with E-state index < -0.39 is 29.1 Å². The zero-order valence-corrected chi connectivity index (χ0v) is 17.6. The van der Waals surface area contributed by atoms with E-state index in [0.29, 0.717) is 0 Å². The highest BCUT2D eigenvalue weighted by molar-refractivity contribution is 6.07. The highest BCUT2D eigenvalue weighted by atomic mass is 19.1. The lowest BCUT2D eigenvalue weighted by Crippen LogP contribution is -2.41. The molecule has 0 saturated carbocycles. The number of hydrogen-bond acceptors (Lipinski definition) is 2. The lowest BCUT2D eigenvalue weighted by Gasteiger charge is -2.25. The molecule has 1 saturated heterocycles. The number of urea groups is 1. The maximum Gasteiger partial charge on any atom is 0.325 e. The van der Waals surface area contributed by atoms with Crippen molar-refractivity contribution in [1.29, 1.82) is 0 Å². The molecule has 2 aromatic rings. The summed E-state index contributed by atoms with van der Waals surface area (Å²) in [5.41, 5.74) is 2.11. The molecule has 2 aromatic carbocycles. The minimum absolute atomic E-state index is 0.0254. The Bertz CT molecular complexity index is 987. The van der Waals surface area contributed by atoms with Crippen molar-refractivity contribution in [2.24, 2.45) is 0 Å². The summed E-state index contributed by atoms with van der Waals surface area (Å²) in [4.78, 5) is 26.8. The van der Waals surface area contributed by atoms with Crippen LogP contribution in [0.1, 0.15) is 55.5 Å². The quantitative estimate of drug-likeness (QED) is 0.749. The summed E-state index contributed by atoms with van der Waals surface area (Å²) < 4.78 is 28.0. The molecule has 0 radical (unpaired) electrons. The third kappa shape index (κ3) is 3.63. The summed E-state index contributed by atoms with van der Waals surface area (Å²) in [6.07, 6.45) is 0. The monoisotopic (exact) mass is 400 g/mol. The molecule has 154 valence electrons. The van der Waals surface area contributed by atoms with Gasteiger partial charge in [-0.3, -0.25) is 9.69 Å². The molecule has 3 amide bonds. The van der Waals surface area contributed by atoms with E-state index in [0.717, 1.165) is 39.8 Å². The number of halogens is 2. The van der Waals surface area contributed by atoms with E-state index in [1.165, 1.54) is 12.5 Å². The van der Waals surface area contributed by atoms with Crippen LogP contribution in [0.2, 0.25) is 0 Å². The second-order valence-electron chi connectivity index (χ2n) is 8.91. The summed E-state index contributed by atoms with van der Waals surface area (Å²) in [5.74, 6) is -2.02. The highest BCUT2D eigenvalue weighted by Crippen LogP contribution is 2.33. The number of carbonyl (C=O) groups excluding carboxylic acids is 2. The number of aryl methyl sites for hydroxylation is 2. The Hall–Kier alpha value is -2.76. The van der Waals surface area contributed by atoms with Gasteiger partial charge in [0.15, 0.2) is 0 Å². The van der Waals surface area contributed by atoms with Crippen LogP contribution in [0.25, 0.3) is 0 Å². The van der Waals surface area contributed by atoms with Gasteiger partial charge in [-0.05, 0) is 66.6 Å².